The lowest BCUT2D eigenvalue weighted by Crippen LogP contribution is -2.17. The Bertz CT molecular complexity index is 513. The summed E-state index contributed by atoms with van der Waals surface area (Å²) < 4.78 is 19.7. The van der Waals surface area contributed by atoms with Gasteiger partial charge in [0, 0.05) is 11.6 Å². The first kappa shape index (κ1) is 14.0. The van der Waals surface area contributed by atoms with E-state index in [1.165, 1.54) is 6.07 Å². The van der Waals surface area contributed by atoms with Crippen molar-refractivity contribution in [3.8, 4) is 0 Å². The molecule has 0 amide bonds. The standard InChI is InChI=1S/C15H15BrFNO/c1-19-10-14(11-6-3-2-4-7-11)18-15-12(16)8-5-9-13(15)17/h2-9,14,18H,10H2,1H3. The fourth-order valence-electron chi connectivity index (χ4n) is 1.88. The van der Waals surface area contributed by atoms with Crippen LogP contribution >= 0.6 is 15.9 Å². The van der Waals surface area contributed by atoms with Crippen molar-refractivity contribution >= 4 is 21.6 Å². The molecule has 1 unspecified atom stereocenters. The van der Waals surface area contributed by atoms with E-state index in [1.807, 2.05) is 30.3 Å². The highest BCUT2D eigenvalue weighted by Gasteiger charge is 2.14. The number of anilines is 1. The highest BCUT2D eigenvalue weighted by molar-refractivity contribution is 9.10. The van der Waals surface area contributed by atoms with Crippen LogP contribution in [0.4, 0.5) is 10.1 Å². The normalized spacial score (nSPS) is 12.2. The summed E-state index contributed by atoms with van der Waals surface area (Å²) in [5, 5.41) is 3.19. The minimum Gasteiger partial charge on any atom is -0.382 e. The van der Waals surface area contributed by atoms with Crippen LogP contribution in [0.25, 0.3) is 0 Å². The van der Waals surface area contributed by atoms with Crippen molar-refractivity contribution in [2.45, 2.75) is 6.04 Å². The minimum atomic E-state index is -0.286. The van der Waals surface area contributed by atoms with Gasteiger partial charge in [-0.1, -0.05) is 36.4 Å². The first-order valence-corrected chi connectivity index (χ1v) is 6.76. The quantitative estimate of drug-likeness (QED) is 0.881. The van der Waals surface area contributed by atoms with E-state index < -0.39 is 0 Å². The van der Waals surface area contributed by atoms with Gasteiger partial charge < -0.3 is 10.1 Å². The van der Waals surface area contributed by atoms with Gasteiger partial charge in [-0.2, -0.15) is 0 Å². The number of benzene rings is 2. The average Bonchev–Trinajstić information content (AvgIpc) is 2.43. The third kappa shape index (κ3) is 3.55. The third-order valence-electron chi connectivity index (χ3n) is 2.82. The zero-order valence-electron chi connectivity index (χ0n) is 10.6. The summed E-state index contributed by atoms with van der Waals surface area (Å²) in [6, 6.07) is 14.6. The SMILES string of the molecule is COCC(Nc1c(F)cccc1Br)c1ccccc1. The molecule has 2 aromatic carbocycles. The average molecular weight is 324 g/mol. The highest BCUT2D eigenvalue weighted by atomic mass is 79.9. The molecule has 2 aromatic rings. The molecule has 0 saturated carbocycles. The number of methoxy groups -OCH3 is 1. The Hall–Kier alpha value is -1.39. The second kappa shape index (κ2) is 6.68. The molecule has 19 heavy (non-hydrogen) atoms. The third-order valence-corrected chi connectivity index (χ3v) is 3.48. The number of para-hydroxylation sites is 1. The Labute approximate surface area is 120 Å². The maximum Gasteiger partial charge on any atom is 0.147 e. The van der Waals surface area contributed by atoms with E-state index >= 15 is 0 Å². The molecule has 4 heteroatoms. The number of halogens is 2. The second-order valence-corrected chi connectivity index (χ2v) is 5.01. The number of rotatable bonds is 5. The Morgan fingerprint density at radius 1 is 1.16 bits per heavy atom. The summed E-state index contributed by atoms with van der Waals surface area (Å²) in [7, 11) is 1.63. The zero-order valence-corrected chi connectivity index (χ0v) is 12.2. The summed E-state index contributed by atoms with van der Waals surface area (Å²) in [5.74, 6) is -0.286. The van der Waals surface area contributed by atoms with Crippen molar-refractivity contribution in [3.63, 3.8) is 0 Å². The molecular weight excluding hydrogens is 309 g/mol. The maximum absolute atomic E-state index is 13.8. The molecule has 0 radical (unpaired) electrons. The van der Waals surface area contributed by atoms with Crippen molar-refractivity contribution < 1.29 is 9.13 Å². The molecule has 1 N–H and O–H groups in total. The van der Waals surface area contributed by atoms with E-state index in [0.29, 0.717) is 16.8 Å². The van der Waals surface area contributed by atoms with Gasteiger partial charge in [0.25, 0.3) is 0 Å². The lowest BCUT2D eigenvalue weighted by molar-refractivity contribution is 0.186. The Morgan fingerprint density at radius 3 is 2.53 bits per heavy atom. The van der Waals surface area contributed by atoms with Crippen LogP contribution in [0.3, 0.4) is 0 Å². The summed E-state index contributed by atoms with van der Waals surface area (Å²) >= 11 is 3.36. The lowest BCUT2D eigenvalue weighted by atomic mass is 10.1. The van der Waals surface area contributed by atoms with Gasteiger partial charge in [0.15, 0.2) is 0 Å². The summed E-state index contributed by atoms with van der Waals surface area (Å²) in [6.07, 6.45) is 0. The molecular formula is C15H15BrFNO. The van der Waals surface area contributed by atoms with Crippen LogP contribution in [0.1, 0.15) is 11.6 Å². The van der Waals surface area contributed by atoms with Crippen molar-refractivity contribution in [2.75, 3.05) is 19.0 Å². The summed E-state index contributed by atoms with van der Waals surface area (Å²) in [4.78, 5) is 0. The molecule has 0 heterocycles. The predicted octanol–water partition coefficient (Wildman–Crippen LogP) is 4.39. The van der Waals surface area contributed by atoms with Gasteiger partial charge in [-0.15, -0.1) is 0 Å². The van der Waals surface area contributed by atoms with Gasteiger partial charge in [-0.25, -0.2) is 4.39 Å². The van der Waals surface area contributed by atoms with E-state index in [0.717, 1.165) is 5.56 Å². The molecule has 0 aliphatic heterocycles. The zero-order chi connectivity index (χ0) is 13.7. The monoisotopic (exact) mass is 323 g/mol. The van der Waals surface area contributed by atoms with Gasteiger partial charge in [-0.3, -0.25) is 0 Å². The molecule has 0 aliphatic rings. The van der Waals surface area contributed by atoms with Crippen LogP contribution < -0.4 is 5.32 Å². The Morgan fingerprint density at radius 2 is 1.89 bits per heavy atom. The fourth-order valence-corrected chi connectivity index (χ4v) is 2.34. The number of nitrogens with one attached hydrogen (secondary N) is 1. The Kier molecular flexibility index (Phi) is 4.93. The lowest BCUT2D eigenvalue weighted by Gasteiger charge is -2.20. The van der Waals surface area contributed by atoms with Gasteiger partial charge in [0.2, 0.25) is 0 Å². The van der Waals surface area contributed by atoms with Crippen molar-refractivity contribution in [2.24, 2.45) is 0 Å². The van der Waals surface area contributed by atoms with E-state index in [-0.39, 0.29) is 11.9 Å². The topological polar surface area (TPSA) is 21.3 Å². The number of ether oxygens (including phenoxy) is 1. The smallest absolute Gasteiger partial charge is 0.147 e. The summed E-state index contributed by atoms with van der Waals surface area (Å²) in [6.45, 7) is 0.463. The molecule has 1 atom stereocenters. The molecule has 0 aliphatic carbocycles. The first-order valence-electron chi connectivity index (χ1n) is 5.97. The molecule has 2 rings (SSSR count). The summed E-state index contributed by atoms with van der Waals surface area (Å²) in [5.41, 5.74) is 1.51. The molecule has 0 saturated heterocycles. The van der Waals surface area contributed by atoms with Crippen LogP contribution in [-0.4, -0.2) is 13.7 Å². The van der Waals surface area contributed by atoms with E-state index in [2.05, 4.69) is 21.2 Å². The van der Waals surface area contributed by atoms with E-state index in [4.69, 9.17) is 4.74 Å². The Balaban J connectivity index is 2.27. The predicted molar refractivity (Wildman–Crippen MR) is 78.8 cm³/mol. The van der Waals surface area contributed by atoms with Crippen LogP contribution in [0, 0.1) is 5.82 Å². The van der Waals surface area contributed by atoms with Crippen LogP contribution in [0.5, 0.6) is 0 Å². The highest BCUT2D eigenvalue weighted by Crippen LogP contribution is 2.29. The van der Waals surface area contributed by atoms with Crippen molar-refractivity contribution in [3.05, 3.63) is 64.4 Å². The van der Waals surface area contributed by atoms with Crippen LogP contribution in [0.15, 0.2) is 53.0 Å². The van der Waals surface area contributed by atoms with Gasteiger partial charge >= 0.3 is 0 Å². The van der Waals surface area contributed by atoms with Crippen LogP contribution in [0.2, 0.25) is 0 Å². The van der Waals surface area contributed by atoms with Gasteiger partial charge in [0.05, 0.1) is 18.3 Å². The van der Waals surface area contributed by atoms with Crippen LogP contribution in [-0.2, 0) is 4.74 Å². The van der Waals surface area contributed by atoms with Gasteiger partial charge in [-0.05, 0) is 33.6 Å². The number of hydrogen-bond donors (Lipinski definition) is 1. The second-order valence-electron chi connectivity index (χ2n) is 4.16. The molecule has 2 nitrogen and oxygen atoms in total. The minimum absolute atomic E-state index is 0.0978. The van der Waals surface area contributed by atoms with Gasteiger partial charge in [0.1, 0.15) is 5.82 Å². The molecule has 0 bridgehead atoms. The molecule has 0 spiro atoms. The molecule has 100 valence electrons. The van der Waals surface area contributed by atoms with E-state index in [1.54, 1.807) is 19.2 Å². The molecule has 0 aromatic heterocycles. The van der Waals surface area contributed by atoms with Crippen molar-refractivity contribution in [1.29, 1.82) is 0 Å². The fraction of sp³-hybridized carbons (Fsp3) is 0.200. The largest absolute Gasteiger partial charge is 0.382 e. The molecule has 0 fully saturated rings. The number of hydrogen-bond acceptors (Lipinski definition) is 2. The van der Waals surface area contributed by atoms with Crippen molar-refractivity contribution in [1.82, 2.24) is 0 Å². The maximum atomic E-state index is 13.8. The first-order chi connectivity index (χ1) is 9.22. The van der Waals surface area contributed by atoms with E-state index in [9.17, 15) is 4.39 Å².